The molecule has 3 nitrogen and oxygen atoms in total. The minimum Gasteiger partial charge on any atom is -0.492 e. The summed E-state index contributed by atoms with van der Waals surface area (Å²) in [5.41, 5.74) is 12.2. The van der Waals surface area contributed by atoms with Gasteiger partial charge in [0.15, 0.2) is 0 Å². The largest absolute Gasteiger partial charge is 0.492 e. The lowest BCUT2D eigenvalue weighted by atomic mass is 10.2. The standard InChI is InChI=1S/C10H12N2OS/c1-2-13-7-5-3-4-6-8(11)10(12)14-9(6)7/h3-5H,2,11-12H2,1H3. The van der Waals surface area contributed by atoms with Crippen LogP contribution in [0.2, 0.25) is 0 Å². The third kappa shape index (κ3) is 1.28. The van der Waals surface area contributed by atoms with Crippen molar-refractivity contribution in [1.29, 1.82) is 0 Å². The Morgan fingerprint density at radius 3 is 2.86 bits per heavy atom. The second-order valence-corrected chi connectivity index (χ2v) is 4.00. The monoisotopic (exact) mass is 208 g/mol. The lowest BCUT2D eigenvalue weighted by molar-refractivity contribution is 0.345. The van der Waals surface area contributed by atoms with Gasteiger partial charge < -0.3 is 16.2 Å². The number of ether oxygens (including phenoxy) is 1. The Morgan fingerprint density at radius 1 is 1.36 bits per heavy atom. The van der Waals surface area contributed by atoms with Gasteiger partial charge in [0.1, 0.15) is 10.8 Å². The summed E-state index contributed by atoms with van der Waals surface area (Å²) in [6.07, 6.45) is 0. The first-order valence-corrected chi connectivity index (χ1v) is 5.25. The molecule has 0 aliphatic carbocycles. The molecule has 2 aromatic rings. The zero-order valence-electron chi connectivity index (χ0n) is 7.91. The van der Waals surface area contributed by atoms with Crippen LogP contribution in [0.5, 0.6) is 5.75 Å². The Morgan fingerprint density at radius 2 is 2.14 bits per heavy atom. The molecular weight excluding hydrogens is 196 g/mol. The van der Waals surface area contributed by atoms with Gasteiger partial charge in [0, 0.05) is 5.39 Å². The Hall–Kier alpha value is -1.42. The summed E-state index contributed by atoms with van der Waals surface area (Å²) >= 11 is 1.47. The van der Waals surface area contributed by atoms with E-state index in [2.05, 4.69) is 0 Å². The van der Waals surface area contributed by atoms with Crippen molar-refractivity contribution in [3.05, 3.63) is 18.2 Å². The predicted octanol–water partition coefficient (Wildman–Crippen LogP) is 2.46. The average molecular weight is 208 g/mol. The smallest absolute Gasteiger partial charge is 0.137 e. The molecule has 0 atom stereocenters. The zero-order valence-corrected chi connectivity index (χ0v) is 8.73. The number of nitrogens with two attached hydrogens (primary N) is 2. The second-order valence-electron chi connectivity index (χ2n) is 2.95. The van der Waals surface area contributed by atoms with Crippen LogP contribution in [0.15, 0.2) is 18.2 Å². The van der Waals surface area contributed by atoms with Crippen molar-refractivity contribution in [3.63, 3.8) is 0 Å². The van der Waals surface area contributed by atoms with E-state index >= 15 is 0 Å². The topological polar surface area (TPSA) is 61.3 Å². The van der Waals surface area contributed by atoms with E-state index in [1.807, 2.05) is 25.1 Å². The third-order valence-electron chi connectivity index (χ3n) is 2.05. The molecule has 0 saturated heterocycles. The van der Waals surface area contributed by atoms with Crippen LogP contribution in [-0.4, -0.2) is 6.61 Å². The Bertz CT molecular complexity index is 464. The Kier molecular flexibility index (Phi) is 2.21. The van der Waals surface area contributed by atoms with Crippen LogP contribution in [0.3, 0.4) is 0 Å². The average Bonchev–Trinajstić information content (AvgIpc) is 2.46. The van der Waals surface area contributed by atoms with E-state index in [1.54, 1.807) is 0 Å². The maximum atomic E-state index is 5.83. The molecule has 4 N–H and O–H groups in total. The third-order valence-corrected chi connectivity index (χ3v) is 3.11. The summed E-state index contributed by atoms with van der Waals surface area (Å²) in [5.74, 6) is 0.860. The molecule has 0 aliphatic heterocycles. The van der Waals surface area contributed by atoms with Gasteiger partial charge in [-0.05, 0) is 13.0 Å². The predicted molar refractivity (Wildman–Crippen MR) is 61.8 cm³/mol. The van der Waals surface area contributed by atoms with Gasteiger partial charge in [-0.2, -0.15) is 0 Å². The fourth-order valence-electron chi connectivity index (χ4n) is 1.40. The van der Waals surface area contributed by atoms with Crippen LogP contribution in [0.1, 0.15) is 6.92 Å². The molecule has 1 aromatic heterocycles. The first-order valence-electron chi connectivity index (χ1n) is 4.43. The summed E-state index contributed by atoms with van der Waals surface area (Å²) < 4.78 is 6.52. The first kappa shape index (κ1) is 9.15. The number of nitrogen functional groups attached to an aromatic ring is 2. The van der Waals surface area contributed by atoms with Crippen LogP contribution in [0, 0.1) is 0 Å². The molecule has 0 saturated carbocycles. The molecule has 4 heteroatoms. The van der Waals surface area contributed by atoms with Crippen molar-refractivity contribution in [1.82, 2.24) is 0 Å². The quantitative estimate of drug-likeness (QED) is 0.797. The van der Waals surface area contributed by atoms with E-state index in [9.17, 15) is 0 Å². The van der Waals surface area contributed by atoms with Gasteiger partial charge in [0.25, 0.3) is 0 Å². The van der Waals surface area contributed by atoms with E-state index in [0.29, 0.717) is 17.3 Å². The Balaban J connectivity index is 2.68. The molecule has 0 spiro atoms. The second kappa shape index (κ2) is 3.38. The van der Waals surface area contributed by atoms with Gasteiger partial charge in [-0.1, -0.05) is 12.1 Å². The Labute approximate surface area is 86.3 Å². The number of fused-ring (bicyclic) bond motifs is 1. The van der Waals surface area contributed by atoms with Gasteiger partial charge >= 0.3 is 0 Å². The lowest BCUT2D eigenvalue weighted by Gasteiger charge is -2.03. The molecule has 0 radical (unpaired) electrons. The fraction of sp³-hybridized carbons (Fsp3) is 0.200. The summed E-state index contributed by atoms with van der Waals surface area (Å²) in [6, 6.07) is 5.82. The first-order chi connectivity index (χ1) is 6.74. The van der Waals surface area contributed by atoms with Crippen molar-refractivity contribution in [2.45, 2.75) is 6.92 Å². The van der Waals surface area contributed by atoms with Crippen LogP contribution >= 0.6 is 11.3 Å². The summed E-state index contributed by atoms with van der Waals surface area (Å²) in [6.45, 7) is 2.61. The van der Waals surface area contributed by atoms with Crippen LogP contribution < -0.4 is 16.2 Å². The SMILES string of the molecule is CCOc1cccc2c(N)c(N)sc12. The number of thiophene rings is 1. The fourth-order valence-corrected chi connectivity index (χ4v) is 2.36. The van der Waals surface area contributed by atoms with Crippen molar-refractivity contribution < 1.29 is 4.74 Å². The number of hydrogen-bond donors (Lipinski definition) is 2. The number of rotatable bonds is 2. The molecule has 0 unspecified atom stereocenters. The van der Waals surface area contributed by atoms with Crippen LogP contribution in [0.4, 0.5) is 10.7 Å². The molecule has 0 bridgehead atoms. The molecule has 14 heavy (non-hydrogen) atoms. The molecule has 1 aromatic carbocycles. The van der Waals surface area contributed by atoms with Crippen LogP contribution in [0.25, 0.3) is 10.1 Å². The summed E-state index contributed by atoms with van der Waals surface area (Å²) in [4.78, 5) is 0. The molecule has 74 valence electrons. The molecule has 0 amide bonds. The highest BCUT2D eigenvalue weighted by molar-refractivity contribution is 7.23. The summed E-state index contributed by atoms with van der Waals surface area (Å²) in [5, 5.41) is 1.64. The minimum atomic E-state index is 0.650. The van der Waals surface area contributed by atoms with E-state index in [-0.39, 0.29) is 0 Å². The summed E-state index contributed by atoms with van der Waals surface area (Å²) in [7, 11) is 0. The van der Waals surface area contributed by atoms with Crippen molar-refractivity contribution in [3.8, 4) is 5.75 Å². The molecule has 0 fully saturated rings. The normalized spacial score (nSPS) is 10.6. The maximum absolute atomic E-state index is 5.83. The van der Waals surface area contributed by atoms with Crippen LogP contribution in [-0.2, 0) is 0 Å². The van der Waals surface area contributed by atoms with Gasteiger partial charge in [-0.25, -0.2) is 0 Å². The molecule has 1 heterocycles. The van der Waals surface area contributed by atoms with E-state index in [0.717, 1.165) is 15.8 Å². The molecule has 2 rings (SSSR count). The van der Waals surface area contributed by atoms with Gasteiger partial charge in [0.2, 0.25) is 0 Å². The van der Waals surface area contributed by atoms with Crippen molar-refractivity contribution in [2.24, 2.45) is 0 Å². The van der Waals surface area contributed by atoms with Crippen molar-refractivity contribution >= 4 is 32.1 Å². The van der Waals surface area contributed by atoms with Gasteiger partial charge in [0.05, 0.1) is 17.0 Å². The number of anilines is 2. The zero-order chi connectivity index (χ0) is 10.1. The van der Waals surface area contributed by atoms with E-state index < -0.39 is 0 Å². The highest BCUT2D eigenvalue weighted by Crippen LogP contribution is 2.40. The molecule has 0 aliphatic rings. The number of benzene rings is 1. The van der Waals surface area contributed by atoms with Crippen molar-refractivity contribution in [2.75, 3.05) is 18.1 Å². The number of hydrogen-bond acceptors (Lipinski definition) is 4. The highest BCUT2D eigenvalue weighted by atomic mass is 32.1. The maximum Gasteiger partial charge on any atom is 0.137 e. The van der Waals surface area contributed by atoms with E-state index in [4.69, 9.17) is 16.2 Å². The highest BCUT2D eigenvalue weighted by Gasteiger charge is 2.10. The van der Waals surface area contributed by atoms with E-state index in [1.165, 1.54) is 11.3 Å². The minimum absolute atomic E-state index is 0.650. The van der Waals surface area contributed by atoms with Gasteiger partial charge in [-0.15, -0.1) is 11.3 Å². The lowest BCUT2D eigenvalue weighted by Crippen LogP contribution is -1.91. The van der Waals surface area contributed by atoms with Gasteiger partial charge in [-0.3, -0.25) is 0 Å². The molecular formula is C10H12N2OS.